The molecule has 0 unspecified atom stereocenters. The SMILES string of the molecule is COC(=O)C(Nc1cc(OC)ccc1NC(C)=O)C(=O)OC. The van der Waals surface area contributed by atoms with Crippen LogP contribution in [0, 0.1) is 0 Å². The molecule has 120 valence electrons. The van der Waals surface area contributed by atoms with Crippen molar-refractivity contribution in [2.75, 3.05) is 32.0 Å². The number of nitrogens with one attached hydrogen (secondary N) is 2. The van der Waals surface area contributed by atoms with Crippen molar-refractivity contribution in [1.29, 1.82) is 0 Å². The van der Waals surface area contributed by atoms with E-state index in [1.54, 1.807) is 12.1 Å². The maximum Gasteiger partial charge on any atom is 0.340 e. The number of esters is 2. The van der Waals surface area contributed by atoms with Crippen LogP contribution < -0.4 is 15.4 Å². The minimum atomic E-state index is -1.37. The molecule has 0 bridgehead atoms. The van der Waals surface area contributed by atoms with Gasteiger partial charge in [0.15, 0.2) is 0 Å². The zero-order valence-electron chi connectivity index (χ0n) is 12.8. The molecule has 0 aromatic heterocycles. The molecule has 1 amide bonds. The van der Waals surface area contributed by atoms with Gasteiger partial charge in [0, 0.05) is 13.0 Å². The quantitative estimate of drug-likeness (QED) is 0.591. The Kier molecular flexibility index (Phi) is 6.18. The summed E-state index contributed by atoms with van der Waals surface area (Å²) in [5.74, 6) is -1.46. The number of hydrogen-bond donors (Lipinski definition) is 2. The molecule has 0 radical (unpaired) electrons. The van der Waals surface area contributed by atoms with Gasteiger partial charge in [-0.05, 0) is 12.1 Å². The molecule has 1 aromatic rings. The number of amides is 1. The lowest BCUT2D eigenvalue weighted by atomic mass is 10.2. The Hall–Kier alpha value is -2.77. The number of methoxy groups -OCH3 is 3. The van der Waals surface area contributed by atoms with Gasteiger partial charge in [-0.1, -0.05) is 0 Å². The van der Waals surface area contributed by atoms with E-state index >= 15 is 0 Å². The zero-order chi connectivity index (χ0) is 16.7. The van der Waals surface area contributed by atoms with Crippen LogP contribution in [0.25, 0.3) is 0 Å². The van der Waals surface area contributed by atoms with Crippen molar-refractivity contribution in [3.05, 3.63) is 18.2 Å². The molecule has 0 fully saturated rings. The van der Waals surface area contributed by atoms with Crippen LogP contribution in [-0.4, -0.2) is 45.2 Å². The molecule has 1 aromatic carbocycles. The highest BCUT2D eigenvalue weighted by Gasteiger charge is 2.29. The first kappa shape index (κ1) is 17.3. The number of ether oxygens (including phenoxy) is 3. The number of rotatable bonds is 6. The fraction of sp³-hybridized carbons (Fsp3) is 0.357. The summed E-state index contributed by atoms with van der Waals surface area (Å²) in [7, 11) is 3.77. The first-order valence-electron chi connectivity index (χ1n) is 6.30. The second-order valence-corrected chi connectivity index (χ2v) is 4.22. The molecule has 8 nitrogen and oxygen atoms in total. The van der Waals surface area contributed by atoms with Crippen LogP contribution in [0.3, 0.4) is 0 Å². The zero-order valence-corrected chi connectivity index (χ0v) is 12.8. The molecule has 0 atom stereocenters. The van der Waals surface area contributed by atoms with Crippen molar-refractivity contribution in [3.8, 4) is 5.75 Å². The Morgan fingerprint density at radius 1 is 1.00 bits per heavy atom. The van der Waals surface area contributed by atoms with Gasteiger partial charge in [0.25, 0.3) is 0 Å². The lowest BCUT2D eigenvalue weighted by Crippen LogP contribution is -2.39. The van der Waals surface area contributed by atoms with Gasteiger partial charge >= 0.3 is 11.9 Å². The molecule has 0 saturated heterocycles. The Balaban J connectivity index is 3.17. The van der Waals surface area contributed by atoms with E-state index in [0.29, 0.717) is 17.1 Å². The molecule has 0 aliphatic rings. The fourth-order valence-corrected chi connectivity index (χ4v) is 1.67. The van der Waals surface area contributed by atoms with Gasteiger partial charge in [-0.15, -0.1) is 0 Å². The third kappa shape index (κ3) is 4.37. The third-order valence-electron chi connectivity index (χ3n) is 2.71. The molecule has 0 aliphatic heterocycles. The first-order chi connectivity index (χ1) is 10.4. The molecular formula is C14H18N2O6. The summed E-state index contributed by atoms with van der Waals surface area (Å²) in [6.07, 6.45) is 0. The monoisotopic (exact) mass is 310 g/mol. The lowest BCUT2D eigenvalue weighted by molar-refractivity contribution is -0.152. The standard InChI is InChI=1S/C14H18N2O6/c1-8(17)15-10-6-5-9(20-2)7-11(10)16-12(13(18)21-3)14(19)22-4/h5-7,12,16H,1-4H3,(H,15,17). The molecule has 2 N–H and O–H groups in total. The number of hydrogen-bond acceptors (Lipinski definition) is 7. The van der Waals surface area contributed by atoms with E-state index < -0.39 is 18.0 Å². The fourth-order valence-electron chi connectivity index (χ4n) is 1.67. The average molecular weight is 310 g/mol. The lowest BCUT2D eigenvalue weighted by Gasteiger charge is -2.18. The maximum atomic E-state index is 11.7. The van der Waals surface area contributed by atoms with E-state index in [1.807, 2.05) is 0 Å². The molecule has 0 saturated carbocycles. The van der Waals surface area contributed by atoms with Crippen LogP contribution in [0.1, 0.15) is 6.92 Å². The molecular weight excluding hydrogens is 292 g/mol. The summed E-state index contributed by atoms with van der Waals surface area (Å²) in [5, 5.41) is 5.27. The van der Waals surface area contributed by atoms with Gasteiger partial charge < -0.3 is 24.8 Å². The highest BCUT2D eigenvalue weighted by atomic mass is 16.5. The predicted molar refractivity (Wildman–Crippen MR) is 78.7 cm³/mol. The summed E-state index contributed by atoms with van der Waals surface area (Å²) in [6.45, 7) is 1.34. The average Bonchev–Trinajstić information content (AvgIpc) is 2.51. The van der Waals surface area contributed by atoms with Crippen molar-refractivity contribution < 1.29 is 28.6 Å². The van der Waals surface area contributed by atoms with E-state index in [4.69, 9.17) is 4.74 Å². The number of anilines is 2. The number of benzene rings is 1. The highest BCUT2D eigenvalue weighted by Crippen LogP contribution is 2.28. The number of carbonyl (C=O) groups excluding carboxylic acids is 3. The molecule has 0 heterocycles. The van der Waals surface area contributed by atoms with E-state index in [1.165, 1.54) is 20.1 Å². The van der Waals surface area contributed by atoms with Crippen molar-refractivity contribution in [2.45, 2.75) is 13.0 Å². The minimum absolute atomic E-state index is 0.305. The van der Waals surface area contributed by atoms with E-state index in [-0.39, 0.29) is 5.91 Å². The second kappa shape index (κ2) is 7.87. The van der Waals surface area contributed by atoms with Crippen molar-refractivity contribution >= 4 is 29.2 Å². The topological polar surface area (TPSA) is 103 Å². The van der Waals surface area contributed by atoms with E-state index in [2.05, 4.69) is 20.1 Å². The van der Waals surface area contributed by atoms with Gasteiger partial charge in [0.05, 0.1) is 32.7 Å². The largest absolute Gasteiger partial charge is 0.497 e. The summed E-state index contributed by atoms with van der Waals surface area (Å²) < 4.78 is 14.2. The highest BCUT2D eigenvalue weighted by molar-refractivity contribution is 6.03. The van der Waals surface area contributed by atoms with Crippen LogP contribution in [0.2, 0.25) is 0 Å². The third-order valence-corrected chi connectivity index (χ3v) is 2.71. The molecule has 8 heteroatoms. The van der Waals surface area contributed by atoms with Crippen LogP contribution in [0.15, 0.2) is 18.2 Å². The summed E-state index contributed by atoms with van der Waals surface area (Å²) in [6, 6.07) is 3.37. The Morgan fingerprint density at radius 2 is 1.59 bits per heavy atom. The minimum Gasteiger partial charge on any atom is -0.497 e. The molecule has 0 aliphatic carbocycles. The van der Waals surface area contributed by atoms with Gasteiger partial charge in [-0.3, -0.25) is 4.79 Å². The van der Waals surface area contributed by atoms with Gasteiger partial charge in [-0.25, -0.2) is 9.59 Å². The molecule has 22 heavy (non-hydrogen) atoms. The predicted octanol–water partition coefficient (Wildman–Crippen LogP) is 0.780. The van der Waals surface area contributed by atoms with Crippen molar-refractivity contribution in [3.63, 3.8) is 0 Å². The maximum absolute atomic E-state index is 11.7. The van der Waals surface area contributed by atoms with Crippen LogP contribution >= 0.6 is 0 Å². The first-order valence-corrected chi connectivity index (χ1v) is 6.30. The van der Waals surface area contributed by atoms with E-state index in [0.717, 1.165) is 14.2 Å². The van der Waals surface area contributed by atoms with Gasteiger partial charge in [0.2, 0.25) is 11.9 Å². The summed E-state index contributed by atoms with van der Waals surface area (Å²) in [4.78, 5) is 34.6. The normalized spacial score (nSPS) is 9.86. The molecule has 1 rings (SSSR count). The van der Waals surface area contributed by atoms with E-state index in [9.17, 15) is 14.4 Å². The Morgan fingerprint density at radius 3 is 2.05 bits per heavy atom. The Bertz CT molecular complexity index is 556. The van der Waals surface area contributed by atoms with Crippen molar-refractivity contribution in [2.24, 2.45) is 0 Å². The van der Waals surface area contributed by atoms with Gasteiger partial charge in [-0.2, -0.15) is 0 Å². The van der Waals surface area contributed by atoms with Crippen molar-refractivity contribution in [1.82, 2.24) is 0 Å². The van der Waals surface area contributed by atoms with Gasteiger partial charge in [0.1, 0.15) is 5.75 Å². The van der Waals surface area contributed by atoms with Crippen LogP contribution in [0.4, 0.5) is 11.4 Å². The smallest absolute Gasteiger partial charge is 0.340 e. The summed E-state index contributed by atoms with van der Waals surface area (Å²) >= 11 is 0. The summed E-state index contributed by atoms with van der Waals surface area (Å²) in [5.41, 5.74) is 0.696. The van der Waals surface area contributed by atoms with Crippen LogP contribution in [0.5, 0.6) is 5.75 Å². The number of carbonyl (C=O) groups is 3. The molecule has 0 spiro atoms. The van der Waals surface area contributed by atoms with Crippen LogP contribution in [-0.2, 0) is 23.9 Å². The second-order valence-electron chi connectivity index (χ2n) is 4.22. The Labute approximate surface area is 127 Å².